The Morgan fingerprint density at radius 3 is 2.88 bits per heavy atom. The Kier molecular flexibility index (Phi) is 4.21. The molecule has 3 heteroatoms. The first-order valence-corrected chi connectivity index (χ1v) is 6.80. The normalized spacial score (nSPS) is 28.9. The summed E-state index contributed by atoms with van der Waals surface area (Å²) in [6, 6.07) is 0. The van der Waals surface area contributed by atoms with Crippen molar-refractivity contribution in [3.63, 3.8) is 0 Å². The second-order valence-corrected chi connectivity index (χ2v) is 4.84. The Labute approximate surface area is 103 Å². The molecule has 0 aromatic heterocycles. The van der Waals surface area contributed by atoms with Gasteiger partial charge < -0.3 is 9.47 Å². The lowest BCUT2D eigenvalue weighted by molar-refractivity contribution is -0.141. The van der Waals surface area contributed by atoms with Crippen LogP contribution in [0.15, 0.2) is 11.3 Å². The minimum atomic E-state index is -0.138. The maximum Gasteiger partial charge on any atom is 0.199 e. The standard InChI is InChI=1S/C14H22O3/c1-3-6-10-9-13(16-4-2)17-12-8-5-7-11(15)14(10)12/h10,13H,3-9H2,1-2H3. The molecule has 0 spiro atoms. The van der Waals surface area contributed by atoms with Crippen LogP contribution >= 0.6 is 0 Å². The molecular formula is C14H22O3. The van der Waals surface area contributed by atoms with Crippen LogP contribution in [-0.2, 0) is 14.3 Å². The van der Waals surface area contributed by atoms with Crippen LogP contribution in [0, 0.1) is 5.92 Å². The van der Waals surface area contributed by atoms with E-state index in [0.717, 1.165) is 43.4 Å². The molecule has 0 N–H and O–H groups in total. The van der Waals surface area contributed by atoms with Gasteiger partial charge in [-0.1, -0.05) is 13.3 Å². The number of allylic oxidation sites excluding steroid dienone is 2. The van der Waals surface area contributed by atoms with Gasteiger partial charge in [-0.2, -0.15) is 0 Å². The topological polar surface area (TPSA) is 35.5 Å². The summed E-state index contributed by atoms with van der Waals surface area (Å²) in [5.41, 5.74) is 0.981. The molecule has 0 bridgehead atoms. The van der Waals surface area contributed by atoms with Crippen LogP contribution in [0.4, 0.5) is 0 Å². The predicted octanol–water partition coefficient (Wildman–Crippen LogP) is 3.19. The molecule has 0 amide bonds. The van der Waals surface area contributed by atoms with Crippen molar-refractivity contribution in [2.45, 2.75) is 58.7 Å². The average molecular weight is 238 g/mol. The first kappa shape index (κ1) is 12.6. The number of carbonyl (C=O) groups excluding carboxylic acids is 1. The van der Waals surface area contributed by atoms with E-state index in [1.165, 1.54) is 0 Å². The summed E-state index contributed by atoms with van der Waals surface area (Å²) in [4.78, 5) is 12.0. The second kappa shape index (κ2) is 5.67. The third kappa shape index (κ3) is 2.71. The van der Waals surface area contributed by atoms with Crippen molar-refractivity contribution in [2.24, 2.45) is 5.92 Å². The van der Waals surface area contributed by atoms with Crippen LogP contribution in [0.1, 0.15) is 52.4 Å². The highest BCUT2D eigenvalue weighted by Gasteiger charge is 2.35. The van der Waals surface area contributed by atoms with Gasteiger partial charge in [0.2, 0.25) is 0 Å². The second-order valence-electron chi connectivity index (χ2n) is 4.84. The fourth-order valence-electron chi connectivity index (χ4n) is 2.87. The van der Waals surface area contributed by atoms with Gasteiger partial charge in [0, 0.05) is 31.4 Å². The van der Waals surface area contributed by atoms with Gasteiger partial charge in [-0.25, -0.2) is 0 Å². The first-order valence-electron chi connectivity index (χ1n) is 6.80. The molecule has 0 saturated carbocycles. The Hall–Kier alpha value is -0.830. The Bertz CT molecular complexity index is 319. The van der Waals surface area contributed by atoms with Gasteiger partial charge in [0.15, 0.2) is 12.1 Å². The van der Waals surface area contributed by atoms with E-state index < -0.39 is 0 Å². The number of rotatable bonds is 4. The molecule has 2 atom stereocenters. The molecule has 0 aromatic carbocycles. The Morgan fingerprint density at radius 1 is 1.35 bits per heavy atom. The summed E-state index contributed by atoms with van der Waals surface area (Å²) < 4.78 is 11.4. The zero-order valence-electron chi connectivity index (χ0n) is 10.8. The summed E-state index contributed by atoms with van der Waals surface area (Å²) in [6.07, 6.45) is 5.40. The molecule has 17 heavy (non-hydrogen) atoms. The lowest BCUT2D eigenvalue weighted by Crippen LogP contribution is -2.32. The van der Waals surface area contributed by atoms with Crippen molar-refractivity contribution in [1.29, 1.82) is 0 Å². The Balaban J connectivity index is 2.19. The minimum absolute atomic E-state index is 0.138. The zero-order chi connectivity index (χ0) is 12.3. The van der Waals surface area contributed by atoms with E-state index in [4.69, 9.17) is 9.47 Å². The van der Waals surface area contributed by atoms with Gasteiger partial charge in [-0.15, -0.1) is 0 Å². The maximum absolute atomic E-state index is 12.0. The maximum atomic E-state index is 12.0. The predicted molar refractivity (Wildman–Crippen MR) is 65.4 cm³/mol. The molecule has 0 radical (unpaired) electrons. The number of hydrogen-bond donors (Lipinski definition) is 0. The van der Waals surface area contributed by atoms with E-state index in [2.05, 4.69) is 6.92 Å². The number of ketones is 1. The van der Waals surface area contributed by atoms with Crippen molar-refractivity contribution in [2.75, 3.05) is 6.61 Å². The van der Waals surface area contributed by atoms with Crippen molar-refractivity contribution < 1.29 is 14.3 Å². The SMILES string of the molecule is CCCC1CC(OCC)OC2=C1C(=O)CCC2. The van der Waals surface area contributed by atoms with Crippen LogP contribution in [-0.4, -0.2) is 18.7 Å². The number of hydrogen-bond acceptors (Lipinski definition) is 3. The fourth-order valence-corrected chi connectivity index (χ4v) is 2.87. The molecule has 1 heterocycles. The van der Waals surface area contributed by atoms with E-state index in [9.17, 15) is 4.79 Å². The van der Waals surface area contributed by atoms with Gasteiger partial charge >= 0.3 is 0 Å². The molecule has 0 fully saturated rings. The van der Waals surface area contributed by atoms with Crippen molar-refractivity contribution in [3.8, 4) is 0 Å². The van der Waals surface area contributed by atoms with E-state index in [1.807, 2.05) is 6.92 Å². The minimum Gasteiger partial charge on any atom is -0.469 e. The monoisotopic (exact) mass is 238 g/mol. The summed E-state index contributed by atoms with van der Waals surface area (Å²) in [5.74, 6) is 1.58. The lowest BCUT2D eigenvalue weighted by Gasteiger charge is -2.35. The number of ether oxygens (including phenoxy) is 2. The van der Waals surface area contributed by atoms with Crippen LogP contribution < -0.4 is 0 Å². The summed E-state index contributed by atoms with van der Waals surface area (Å²) >= 11 is 0. The smallest absolute Gasteiger partial charge is 0.199 e. The number of Topliss-reactive ketones (excluding diaryl/α,β-unsaturated/α-hetero) is 1. The van der Waals surface area contributed by atoms with Gasteiger partial charge in [0.1, 0.15) is 5.76 Å². The highest BCUT2D eigenvalue weighted by molar-refractivity contribution is 5.97. The third-order valence-electron chi connectivity index (χ3n) is 3.56. The summed E-state index contributed by atoms with van der Waals surface area (Å²) in [7, 11) is 0. The molecule has 1 aliphatic carbocycles. The fraction of sp³-hybridized carbons (Fsp3) is 0.786. The molecule has 96 valence electrons. The van der Waals surface area contributed by atoms with Gasteiger partial charge in [-0.3, -0.25) is 4.79 Å². The van der Waals surface area contributed by atoms with Crippen LogP contribution in [0.5, 0.6) is 0 Å². The Morgan fingerprint density at radius 2 is 2.18 bits per heavy atom. The van der Waals surface area contributed by atoms with Crippen LogP contribution in [0.2, 0.25) is 0 Å². The van der Waals surface area contributed by atoms with Crippen molar-refractivity contribution in [1.82, 2.24) is 0 Å². The highest BCUT2D eigenvalue weighted by atomic mass is 16.7. The number of carbonyl (C=O) groups is 1. The van der Waals surface area contributed by atoms with Gasteiger partial charge in [0.25, 0.3) is 0 Å². The molecular weight excluding hydrogens is 216 g/mol. The molecule has 1 aliphatic heterocycles. The van der Waals surface area contributed by atoms with Crippen molar-refractivity contribution >= 4 is 5.78 Å². The van der Waals surface area contributed by atoms with Gasteiger partial charge in [0.05, 0.1) is 0 Å². The first-order chi connectivity index (χ1) is 8.26. The highest BCUT2D eigenvalue weighted by Crippen LogP contribution is 2.38. The van der Waals surface area contributed by atoms with Crippen LogP contribution in [0.3, 0.4) is 0 Å². The van der Waals surface area contributed by atoms with E-state index >= 15 is 0 Å². The molecule has 0 aromatic rings. The van der Waals surface area contributed by atoms with E-state index in [0.29, 0.717) is 24.7 Å². The van der Waals surface area contributed by atoms with E-state index in [1.54, 1.807) is 0 Å². The third-order valence-corrected chi connectivity index (χ3v) is 3.56. The summed E-state index contributed by atoms with van der Waals surface area (Å²) in [6.45, 7) is 4.81. The van der Waals surface area contributed by atoms with Gasteiger partial charge in [-0.05, 0) is 25.7 Å². The lowest BCUT2D eigenvalue weighted by atomic mass is 9.81. The van der Waals surface area contributed by atoms with E-state index in [-0.39, 0.29) is 6.29 Å². The average Bonchev–Trinajstić information content (AvgIpc) is 2.29. The van der Waals surface area contributed by atoms with Crippen LogP contribution in [0.25, 0.3) is 0 Å². The molecule has 0 saturated heterocycles. The van der Waals surface area contributed by atoms with Crippen molar-refractivity contribution in [3.05, 3.63) is 11.3 Å². The molecule has 2 aliphatic rings. The zero-order valence-corrected chi connectivity index (χ0v) is 10.8. The molecule has 2 unspecified atom stereocenters. The molecule has 2 rings (SSSR count). The molecule has 3 nitrogen and oxygen atoms in total. The quantitative estimate of drug-likeness (QED) is 0.754. The largest absolute Gasteiger partial charge is 0.469 e. The summed E-state index contributed by atoms with van der Waals surface area (Å²) in [5, 5.41) is 0.